The third-order valence-corrected chi connectivity index (χ3v) is 3.42. The summed E-state index contributed by atoms with van der Waals surface area (Å²) in [5, 5.41) is 13.8. The van der Waals surface area contributed by atoms with Gasteiger partial charge in [-0.2, -0.15) is 0 Å². The maximum absolute atomic E-state index is 13.7. The fourth-order valence-corrected chi connectivity index (χ4v) is 2.17. The Morgan fingerprint density at radius 2 is 2.09 bits per heavy atom. The molecule has 0 aliphatic rings. The van der Waals surface area contributed by atoms with Gasteiger partial charge in [-0.25, -0.2) is 14.0 Å². The molecule has 6 nitrogen and oxygen atoms in total. The number of rotatable bonds is 5. The van der Waals surface area contributed by atoms with Crippen LogP contribution in [0.15, 0.2) is 47.1 Å². The van der Waals surface area contributed by atoms with Crippen molar-refractivity contribution in [3.8, 4) is 0 Å². The minimum atomic E-state index is -1.21. The largest absolute Gasteiger partial charge is 0.480 e. The molecule has 2 rings (SSSR count). The molecule has 2 aromatic rings. The van der Waals surface area contributed by atoms with Crippen molar-refractivity contribution in [1.29, 1.82) is 0 Å². The molecule has 0 aliphatic carbocycles. The number of aliphatic carboxylic acids is 1. The van der Waals surface area contributed by atoms with Gasteiger partial charge in [0.2, 0.25) is 0 Å². The Labute approximate surface area is 139 Å². The minimum absolute atomic E-state index is 0.0203. The number of carbonyl (C=O) groups excluding carboxylic acids is 1. The number of pyridine rings is 1. The van der Waals surface area contributed by atoms with Crippen molar-refractivity contribution in [2.24, 2.45) is 0 Å². The van der Waals surface area contributed by atoms with Crippen molar-refractivity contribution in [3.05, 3.63) is 58.6 Å². The lowest BCUT2D eigenvalue weighted by Gasteiger charge is -2.15. The van der Waals surface area contributed by atoms with Gasteiger partial charge in [0, 0.05) is 22.8 Å². The first-order valence-corrected chi connectivity index (χ1v) is 7.40. The van der Waals surface area contributed by atoms with E-state index in [2.05, 4.69) is 31.5 Å². The highest BCUT2D eigenvalue weighted by atomic mass is 79.9. The highest BCUT2D eigenvalue weighted by molar-refractivity contribution is 9.10. The number of nitrogens with zero attached hydrogens (tertiary/aromatic N) is 1. The van der Waals surface area contributed by atoms with Crippen molar-refractivity contribution in [2.45, 2.75) is 12.5 Å². The van der Waals surface area contributed by atoms with Gasteiger partial charge in [-0.15, -0.1) is 0 Å². The smallest absolute Gasteiger partial charge is 0.326 e. The average molecular weight is 382 g/mol. The van der Waals surface area contributed by atoms with Gasteiger partial charge in [-0.3, -0.25) is 4.98 Å². The Morgan fingerprint density at radius 3 is 2.70 bits per heavy atom. The van der Waals surface area contributed by atoms with Crippen LogP contribution in [0.25, 0.3) is 0 Å². The molecule has 3 N–H and O–H groups in total. The number of hydrogen-bond acceptors (Lipinski definition) is 3. The molecule has 120 valence electrons. The summed E-state index contributed by atoms with van der Waals surface area (Å²) in [5.74, 6) is -1.84. The molecule has 0 saturated carbocycles. The van der Waals surface area contributed by atoms with E-state index >= 15 is 0 Å². The van der Waals surface area contributed by atoms with Crippen LogP contribution in [0, 0.1) is 5.82 Å². The molecular weight excluding hydrogens is 369 g/mol. The summed E-state index contributed by atoms with van der Waals surface area (Å²) in [7, 11) is 0. The second-order valence-electron chi connectivity index (χ2n) is 4.64. The number of urea groups is 1. The summed E-state index contributed by atoms with van der Waals surface area (Å²) in [6, 6.07) is 7.21. The van der Waals surface area contributed by atoms with E-state index in [9.17, 15) is 19.1 Å². The lowest BCUT2D eigenvalue weighted by molar-refractivity contribution is -0.139. The molecule has 0 bridgehead atoms. The zero-order chi connectivity index (χ0) is 16.8. The number of amides is 2. The van der Waals surface area contributed by atoms with Crippen LogP contribution in [0.1, 0.15) is 5.69 Å². The van der Waals surface area contributed by atoms with E-state index in [1.807, 2.05) is 0 Å². The Bertz CT molecular complexity index is 712. The lowest BCUT2D eigenvalue weighted by Crippen LogP contribution is -2.44. The van der Waals surface area contributed by atoms with Gasteiger partial charge in [0.05, 0.1) is 5.69 Å². The minimum Gasteiger partial charge on any atom is -0.480 e. The van der Waals surface area contributed by atoms with Crippen LogP contribution in [0.2, 0.25) is 0 Å². The molecule has 2 amide bonds. The zero-order valence-corrected chi connectivity index (χ0v) is 13.4. The van der Waals surface area contributed by atoms with E-state index in [0.29, 0.717) is 10.2 Å². The maximum Gasteiger partial charge on any atom is 0.326 e. The van der Waals surface area contributed by atoms with Crippen LogP contribution in [-0.4, -0.2) is 28.1 Å². The number of carbonyl (C=O) groups is 2. The van der Waals surface area contributed by atoms with E-state index in [0.717, 1.165) is 0 Å². The van der Waals surface area contributed by atoms with Crippen LogP contribution >= 0.6 is 15.9 Å². The van der Waals surface area contributed by atoms with Gasteiger partial charge in [0.1, 0.15) is 11.9 Å². The van der Waals surface area contributed by atoms with Gasteiger partial charge in [0.15, 0.2) is 0 Å². The summed E-state index contributed by atoms with van der Waals surface area (Å²) >= 11 is 3.11. The third kappa shape index (κ3) is 5.03. The van der Waals surface area contributed by atoms with Crippen molar-refractivity contribution < 1.29 is 19.1 Å². The number of hydrogen-bond donors (Lipinski definition) is 3. The van der Waals surface area contributed by atoms with E-state index in [1.165, 1.54) is 18.3 Å². The quantitative estimate of drug-likeness (QED) is 0.742. The second kappa shape index (κ2) is 7.68. The highest BCUT2D eigenvalue weighted by Gasteiger charge is 2.21. The molecule has 0 unspecified atom stereocenters. The molecule has 23 heavy (non-hydrogen) atoms. The van der Waals surface area contributed by atoms with Crippen LogP contribution in [-0.2, 0) is 11.2 Å². The Hall–Kier alpha value is -2.48. The molecule has 0 fully saturated rings. The molecule has 0 spiro atoms. The van der Waals surface area contributed by atoms with Crippen LogP contribution < -0.4 is 10.6 Å². The SMILES string of the molecule is O=C(Nc1ccc(Br)cc1F)N[C@@H](Cc1ccccn1)C(=O)O. The van der Waals surface area contributed by atoms with E-state index in [-0.39, 0.29) is 12.1 Å². The summed E-state index contributed by atoms with van der Waals surface area (Å²) in [4.78, 5) is 27.1. The molecule has 1 aromatic carbocycles. The van der Waals surface area contributed by atoms with Gasteiger partial charge < -0.3 is 15.7 Å². The zero-order valence-electron chi connectivity index (χ0n) is 11.8. The van der Waals surface area contributed by atoms with Crippen LogP contribution in [0.4, 0.5) is 14.9 Å². The average Bonchev–Trinajstić information content (AvgIpc) is 2.50. The first-order valence-electron chi connectivity index (χ1n) is 6.61. The number of benzene rings is 1. The molecule has 0 radical (unpaired) electrons. The third-order valence-electron chi connectivity index (χ3n) is 2.92. The fraction of sp³-hybridized carbons (Fsp3) is 0.133. The van der Waals surface area contributed by atoms with E-state index in [1.54, 1.807) is 24.3 Å². The van der Waals surface area contributed by atoms with Gasteiger partial charge in [-0.05, 0) is 30.3 Å². The summed E-state index contributed by atoms with van der Waals surface area (Å²) in [6.07, 6.45) is 1.55. The molecule has 8 heteroatoms. The Kier molecular flexibility index (Phi) is 5.64. The van der Waals surface area contributed by atoms with Gasteiger partial charge in [-0.1, -0.05) is 22.0 Å². The molecule has 0 saturated heterocycles. The predicted molar refractivity (Wildman–Crippen MR) is 85.6 cm³/mol. The van der Waals surface area contributed by atoms with Crippen molar-refractivity contribution in [1.82, 2.24) is 10.3 Å². The first-order chi connectivity index (χ1) is 11.0. The number of carboxylic acid groups (broad SMARTS) is 1. The summed E-state index contributed by atoms with van der Waals surface area (Å²) < 4.78 is 14.2. The number of nitrogens with one attached hydrogen (secondary N) is 2. The van der Waals surface area contributed by atoms with Crippen molar-refractivity contribution in [2.75, 3.05) is 5.32 Å². The monoisotopic (exact) mass is 381 g/mol. The second-order valence-corrected chi connectivity index (χ2v) is 5.55. The summed E-state index contributed by atoms with van der Waals surface area (Å²) in [6.45, 7) is 0. The van der Waals surface area contributed by atoms with Gasteiger partial charge in [0.25, 0.3) is 0 Å². The molecule has 0 aliphatic heterocycles. The highest BCUT2D eigenvalue weighted by Crippen LogP contribution is 2.19. The Morgan fingerprint density at radius 1 is 1.30 bits per heavy atom. The molecule has 1 aromatic heterocycles. The predicted octanol–water partition coefficient (Wildman–Crippen LogP) is 2.80. The molecule has 1 atom stereocenters. The topological polar surface area (TPSA) is 91.3 Å². The molecule has 1 heterocycles. The number of carboxylic acids is 1. The van der Waals surface area contributed by atoms with Crippen molar-refractivity contribution >= 4 is 33.6 Å². The van der Waals surface area contributed by atoms with Crippen LogP contribution in [0.3, 0.4) is 0 Å². The standard InChI is InChI=1S/C15H13BrFN3O3/c16-9-4-5-12(11(17)7-9)19-15(23)20-13(14(21)22)8-10-3-1-2-6-18-10/h1-7,13H,8H2,(H,21,22)(H2,19,20,23)/t13-/m0/s1. The Balaban J connectivity index is 2.02. The summed E-state index contributed by atoms with van der Waals surface area (Å²) in [5.41, 5.74) is 0.475. The maximum atomic E-state index is 13.7. The number of anilines is 1. The van der Waals surface area contributed by atoms with Crippen molar-refractivity contribution in [3.63, 3.8) is 0 Å². The van der Waals surface area contributed by atoms with Crippen LogP contribution in [0.5, 0.6) is 0 Å². The lowest BCUT2D eigenvalue weighted by atomic mass is 10.1. The normalized spacial score (nSPS) is 11.6. The van der Waals surface area contributed by atoms with Gasteiger partial charge >= 0.3 is 12.0 Å². The fourth-order valence-electron chi connectivity index (χ4n) is 1.84. The first kappa shape index (κ1) is 16.9. The number of halogens is 2. The number of aromatic nitrogens is 1. The van der Waals surface area contributed by atoms with E-state index in [4.69, 9.17) is 0 Å². The van der Waals surface area contributed by atoms with E-state index < -0.39 is 23.9 Å². The molecular formula is C15H13BrFN3O3.